The quantitative estimate of drug-likeness (QED) is 0.0871. The van der Waals surface area contributed by atoms with Crippen LogP contribution >= 0.6 is 23.2 Å². The fourth-order valence-corrected chi connectivity index (χ4v) is 6.24. The SMILES string of the molecule is C.CC(=O)OCC(=O)Cc1ccc(Cl)cc1.CCC(C)c1cccc2c(C(=O)O)c(O)c(Cc3ccc(Cl)cc3)nc12.CCC(C)c1cccc2c1NC(=O)C2=O. The molecule has 0 saturated heterocycles. The van der Waals surface area contributed by atoms with Gasteiger partial charge in [-0.3, -0.25) is 19.2 Å². The maximum Gasteiger partial charge on any atom is 0.340 e. The summed E-state index contributed by atoms with van der Waals surface area (Å²) < 4.78 is 4.59. The highest BCUT2D eigenvalue weighted by Gasteiger charge is 2.30. The summed E-state index contributed by atoms with van der Waals surface area (Å²) in [6, 6.07) is 25.2. The van der Waals surface area contributed by atoms with Gasteiger partial charge in [-0.25, -0.2) is 9.78 Å². The van der Waals surface area contributed by atoms with E-state index in [1.165, 1.54) is 6.92 Å². The third kappa shape index (κ3) is 12.0. The molecule has 0 spiro atoms. The summed E-state index contributed by atoms with van der Waals surface area (Å²) in [4.78, 5) is 60.9. The van der Waals surface area contributed by atoms with Crippen LogP contribution in [-0.2, 0) is 32.0 Å². The van der Waals surface area contributed by atoms with Crippen molar-refractivity contribution >= 4 is 69.2 Å². The predicted molar refractivity (Wildman–Crippen MR) is 225 cm³/mol. The number of carbonyl (C=O) groups is 5. The van der Waals surface area contributed by atoms with Crippen LogP contribution in [0.2, 0.25) is 10.0 Å². The lowest BCUT2D eigenvalue weighted by Crippen LogP contribution is -2.13. The number of amides is 1. The molecule has 1 amide bonds. The summed E-state index contributed by atoms with van der Waals surface area (Å²) in [5.74, 6) is -2.36. The van der Waals surface area contributed by atoms with Crippen LogP contribution in [0.1, 0.15) is 115 Å². The number of carboxylic acid groups (broad SMARTS) is 1. The Bertz CT molecular complexity index is 2240. The molecule has 57 heavy (non-hydrogen) atoms. The molecule has 1 aliphatic heterocycles. The van der Waals surface area contributed by atoms with Crippen LogP contribution in [0.3, 0.4) is 0 Å². The number of aromatic carboxylic acids is 1. The molecule has 2 atom stereocenters. The molecular formula is C45H48Cl2N2O8. The van der Waals surface area contributed by atoms with Crippen LogP contribution in [-0.4, -0.2) is 51.2 Å². The first-order valence-electron chi connectivity index (χ1n) is 18.1. The number of Topliss-reactive ketones (excluding diaryl/α,β-unsaturated/α-hetero) is 2. The van der Waals surface area contributed by atoms with Gasteiger partial charge in [-0.1, -0.05) is 113 Å². The van der Waals surface area contributed by atoms with Gasteiger partial charge in [0.05, 0.1) is 22.5 Å². The van der Waals surface area contributed by atoms with Crippen molar-refractivity contribution in [3.8, 4) is 5.75 Å². The number of carbonyl (C=O) groups excluding carboxylic acids is 4. The van der Waals surface area contributed by atoms with Gasteiger partial charge in [0.2, 0.25) is 0 Å². The number of anilines is 1. The molecule has 1 aromatic heterocycles. The first kappa shape index (κ1) is 45.8. The number of aromatic nitrogens is 1. The summed E-state index contributed by atoms with van der Waals surface area (Å²) in [5.41, 5.74) is 5.92. The molecule has 300 valence electrons. The maximum atomic E-state index is 11.8. The molecule has 2 heterocycles. The average molecular weight is 816 g/mol. The minimum absolute atomic E-state index is 0. The van der Waals surface area contributed by atoms with Crippen LogP contribution < -0.4 is 5.32 Å². The number of hydrogen-bond donors (Lipinski definition) is 3. The van der Waals surface area contributed by atoms with E-state index in [4.69, 9.17) is 23.2 Å². The molecule has 4 aromatic carbocycles. The summed E-state index contributed by atoms with van der Waals surface area (Å²) in [5, 5.41) is 24.6. The van der Waals surface area contributed by atoms with E-state index in [0.717, 1.165) is 35.1 Å². The Labute approximate surface area is 343 Å². The largest absolute Gasteiger partial charge is 0.505 e. The van der Waals surface area contributed by atoms with Gasteiger partial charge in [0, 0.05) is 35.2 Å². The third-order valence-corrected chi connectivity index (χ3v) is 9.92. The van der Waals surface area contributed by atoms with E-state index < -0.39 is 23.6 Å². The Balaban J connectivity index is 0.000000242. The molecule has 0 fully saturated rings. The van der Waals surface area contributed by atoms with Crippen molar-refractivity contribution in [1.29, 1.82) is 0 Å². The zero-order valence-electron chi connectivity index (χ0n) is 31.8. The fourth-order valence-electron chi connectivity index (χ4n) is 5.99. The van der Waals surface area contributed by atoms with Gasteiger partial charge in [-0.15, -0.1) is 0 Å². The second-order valence-electron chi connectivity index (χ2n) is 13.4. The number of hydrogen-bond acceptors (Lipinski definition) is 8. The van der Waals surface area contributed by atoms with E-state index in [0.29, 0.717) is 50.2 Å². The number of fused-ring (bicyclic) bond motifs is 2. The summed E-state index contributed by atoms with van der Waals surface area (Å²) in [7, 11) is 0. The molecule has 0 aliphatic carbocycles. The van der Waals surface area contributed by atoms with Gasteiger partial charge >= 0.3 is 11.9 Å². The van der Waals surface area contributed by atoms with Crippen LogP contribution in [0.5, 0.6) is 5.75 Å². The molecule has 0 radical (unpaired) electrons. The van der Waals surface area contributed by atoms with Gasteiger partial charge in [-0.05, 0) is 77.3 Å². The Morgan fingerprint density at radius 3 is 1.91 bits per heavy atom. The van der Waals surface area contributed by atoms with Crippen LogP contribution in [0.15, 0.2) is 84.9 Å². The summed E-state index contributed by atoms with van der Waals surface area (Å²) in [6.45, 7) is 9.44. The number of nitrogens with zero attached hydrogens (tertiary/aromatic N) is 1. The lowest BCUT2D eigenvalue weighted by Gasteiger charge is -2.16. The molecular weight excluding hydrogens is 767 g/mol. The van der Waals surface area contributed by atoms with Gasteiger partial charge in [0.25, 0.3) is 11.7 Å². The number of rotatable bonds is 11. The molecule has 6 rings (SSSR count). The zero-order chi connectivity index (χ0) is 41.1. The van der Waals surface area contributed by atoms with Gasteiger partial charge in [0.1, 0.15) is 12.2 Å². The van der Waals surface area contributed by atoms with Crippen molar-refractivity contribution in [3.63, 3.8) is 0 Å². The topological polar surface area (TPSA) is 160 Å². The van der Waals surface area contributed by atoms with Crippen molar-refractivity contribution in [1.82, 2.24) is 4.98 Å². The Kier molecular flexibility index (Phi) is 16.9. The number of aromatic hydroxyl groups is 1. The highest BCUT2D eigenvalue weighted by molar-refractivity contribution is 6.51. The lowest BCUT2D eigenvalue weighted by atomic mass is 9.93. The molecule has 1 aliphatic rings. The number of esters is 1. The first-order chi connectivity index (χ1) is 26.6. The van der Waals surface area contributed by atoms with Crippen LogP contribution in [0, 0.1) is 0 Å². The number of halogens is 2. The van der Waals surface area contributed by atoms with Crippen molar-refractivity contribution in [3.05, 3.63) is 134 Å². The van der Waals surface area contributed by atoms with E-state index in [1.807, 2.05) is 36.4 Å². The van der Waals surface area contributed by atoms with Gasteiger partial charge < -0.3 is 20.3 Å². The van der Waals surface area contributed by atoms with E-state index in [9.17, 15) is 34.2 Å². The van der Waals surface area contributed by atoms with E-state index in [-0.39, 0.29) is 43.5 Å². The number of ketones is 2. The van der Waals surface area contributed by atoms with E-state index >= 15 is 0 Å². The average Bonchev–Trinajstić information content (AvgIpc) is 3.48. The zero-order valence-corrected chi connectivity index (χ0v) is 33.3. The van der Waals surface area contributed by atoms with Crippen molar-refractivity contribution < 1.29 is 38.9 Å². The Morgan fingerprint density at radius 1 is 0.807 bits per heavy atom. The number of nitrogens with one attached hydrogen (secondary N) is 1. The highest BCUT2D eigenvalue weighted by atomic mass is 35.5. The summed E-state index contributed by atoms with van der Waals surface area (Å²) in [6.07, 6.45) is 2.48. The second-order valence-corrected chi connectivity index (χ2v) is 14.3. The number of benzene rings is 4. The number of carboxylic acids is 1. The van der Waals surface area contributed by atoms with Crippen molar-refractivity contribution in [2.45, 2.75) is 79.6 Å². The molecule has 5 aromatic rings. The van der Waals surface area contributed by atoms with Crippen molar-refractivity contribution in [2.24, 2.45) is 0 Å². The second kappa shape index (κ2) is 21.1. The van der Waals surface area contributed by atoms with Crippen LogP contribution in [0.25, 0.3) is 10.9 Å². The maximum absolute atomic E-state index is 11.8. The lowest BCUT2D eigenvalue weighted by molar-refractivity contribution is -0.145. The van der Waals surface area contributed by atoms with Gasteiger partial charge in [-0.2, -0.15) is 0 Å². The molecule has 12 heteroatoms. The van der Waals surface area contributed by atoms with Gasteiger partial charge in [0.15, 0.2) is 11.5 Å². The standard InChI is InChI=1S/C21H20ClNO3.C12H13NO2.C11H11ClO3.CH4/c1-3-12(2)15-5-4-6-16-18(21(25)26)20(24)17(23-19(15)16)11-13-7-9-14(22)10-8-13;1-3-7(2)8-5-4-6-9-10(8)13-12(15)11(9)14;1-8(13)15-7-11(14)6-9-2-4-10(12)5-3-9;/h4-10,12,24H,3,11H2,1-2H3,(H,25,26);4-7H,3H2,1-2H3,(H,13,14,15);2-5H,6-7H2,1H3;1H4. The van der Waals surface area contributed by atoms with Crippen molar-refractivity contribution in [2.75, 3.05) is 11.9 Å². The smallest absolute Gasteiger partial charge is 0.340 e. The van der Waals surface area contributed by atoms with E-state index in [1.54, 1.807) is 48.5 Å². The minimum atomic E-state index is -1.16. The van der Waals surface area contributed by atoms with E-state index in [2.05, 4.69) is 42.7 Å². The first-order valence-corrected chi connectivity index (χ1v) is 18.9. The number of ether oxygens (including phenoxy) is 1. The predicted octanol–water partition coefficient (Wildman–Crippen LogP) is 10.4. The molecule has 3 N–H and O–H groups in total. The number of para-hydroxylation sites is 2. The number of pyridine rings is 1. The normalized spacial score (nSPS) is 12.4. The molecule has 2 unspecified atom stereocenters. The third-order valence-electron chi connectivity index (χ3n) is 9.42. The molecule has 0 saturated carbocycles. The molecule has 10 nitrogen and oxygen atoms in total. The fraction of sp³-hybridized carbons (Fsp3) is 0.289. The molecule has 0 bridgehead atoms. The highest BCUT2D eigenvalue weighted by Crippen LogP contribution is 2.35. The van der Waals surface area contributed by atoms with Crippen LogP contribution in [0.4, 0.5) is 5.69 Å². The monoisotopic (exact) mass is 814 g/mol. The minimum Gasteiger partial charge on any atom is -0.505 e. The Morgan fingerprint density at radius 2 is 1.35 bits per heavy atom. The summed E-state index contributed by atoms with van der Waals surface area (Å²) >= 11 is 11.6. The Hall–Kier alpha value is -5.58.